The van der Waals surface area contributed by atoms with E-state index in [2.05, 4.69) is 114 Å². The third-order valence-corrected chi connectivity index (χ3v) is 7.36. The molecule has 3 heterocycles. The molecule has 0 aliphatic carbocycles. The Balaban J connectivity index is 1.38. The molecule has 0 spiro atoms. The molecule has 0 aliphatic rings. The van der Waals surface area contributed by atoms with Gasteiger partial charge >= 0.3 is 0 Å². The SMILES string of the molecule is c1ccc(-c2ccc(-c3nc(-n4c5ccccc5c5c6ccccc6ccc54)nc4cocc34)cc2)cc1. The van der Waals surface area contributed by atoms with E-state index in [9.17, 15) is 0 Å². The zero-order valence-corrected chi connectivity index (χ0v) is 20.4. The van der Waals surface area contributed by atoms with E-state index in [0.29, 0.717) is 5.95 Å². The summed E-state index contributed by atoms with van der Waals surface area (Å²) >= 11 is 0. The summed E-state index contributed by atoms with van der Waals surface area (Å²) in [6.45, 7) is 0. The van der Waals surface area contributed by atoms with E-state index in [1.165, 1.54) is 32.7 Å². The zero-order valence-electron chi connectivity index (χ0n) is 20.4. The molecule has 5 aromatic carbocycles. The molecular weight excluding hydrogens is 466 g/mol. The molecule has 0 amide bonds. The van der Waals surface area contributed by atoms with Crippen molar-refractivity contribution < 1.29 is 4.42 Å². The zero-order chi connectivity index (χ0) is 25.1. The highest BCUT2D eigenvalue weighted by atomic mass is 16.3. The van der Waals surface area contributed by atoms with Crippen LogP contribution < -0.4 is 0 Å². The van der Waals surface area contributed by atoms with E-state index in [1.807, 2.05) is 6.07 Å². The summed E-state index contributed by atoms with van der Waals surface area (Å²) in [4.78, 5) is 10.1. The van der Waals surface area contributed by atoms with Gasteiger partial charge in [0.2, 0.25) is 5.95 Å². The molecule has 0 bridgehead atoms. The van der Waals surface area contributed by atoms with Crippen LogP contribution in [0.15, 0.2) is 132 Å². The number of furan rings is 1. The van der Waals surface area contributed by atoms with Gasteiger partial charge in [-0.05, 0) is 34.0 Å². The van der Waals surface area contributed by atoms with Gasteiger partial charge in [0.1, 0.15) is 18.0 Å². The molecule has 0 unspecified atom stereocenters. The highest BCUT2D eigenvalue weighted by Gasteiger charge is 2.19. The maximum atomic E-state index is 5.61. The molecule has 0 saturated heterocycles. The molecule has 0 N–H and O–H groups in total. The minimum atomic E-state index is 0.627. The summed E-state index contributed by atoms with van der Waals surface area (Å²) in [5.41, 5.74) is 7.17. The van der Waals surface area contributed by atoms with Crippen molar-refractivity contribution in [2.24, 2.45) is 0 Å². The van der Waals surface area contributed by atoms with Crippen molar-refractivity contribution in [1.29, 1.82) is 0 Å². The lowest BCUT2D eigenvalue weighted by molar-refractivity contribution is 0.572. The van der Waals surface area contributed by atoms with Crippen molar-refractivity contribution in [1.82, 2.24) is 14.5 Å². The van der Waals surface area contributed by atoms with Gasteiger partial charge in [0.25, 0.3) is 0 Å². The Morgan fingerprint density at radius 1 is 0.500 bits per heavy atom. The van der Waals surface area contributed by atoms with Crippen LogP contribution in [0.3, 0.4) is 0 Å². The Morgan fingerprint density at radius 3 is 2.08 bits per heavy atom. The molecule has 4 nitrogen and oxygen atoms in total. The standard InChI is InChI=1S/C34H21N3O/c1-2-8-22(9-3-1)23-14-16-25(17-15-23)33-28-20-38-21-29(28)35-34(36-33)37-30-13-7-6-12-27(30)32-26-11-5-4-10-24(26)18-19-31(32)37/h1-21H. The van der Waals surface area contributed by atoms with Gasteiger partial charge in [0.05, 0.1) is 22.1 Å². The minimum absolute atomic E-state index is 0.627. The fraction of sp³-hybridized carbons (Fsp3) is 0. The number of hydrogen-bond donors (Lipinski definition) is 0. The van der Waals surface area contributed by atoms with Crippen LogP contribution in [-0.4, -0.2) is 14.5 Å². The Labute approximate surface area is 218 Å². The minimum Gasteiger partial charge on any atom is -0.470 e. The van der Waals surface area contributed by atoms with Crippen LogP contribution in [0.5, 0.6) is 0 Å². The maximum absolute atomic E-state index is 5.61. The third kappa shape index (κ3) is 3.10. The second-order valence-electron chi connectivity index (χ2n) is 9.52. The quantitative estimate of drug-likeness (QED) is 0.250. The van der Waals surface area contributed by atoms with Crippen molar-refractivity contribution in [2.75, 3.05) is 0 Å². The molecule has 8 aromatic rings. The van der Waals surface area contributed by atoms with Gasteiger partial charge in [-0.3, -0.25) is 4.57 Å². The summed E-state index contributed by atoms with van der Waals surface area (Å²) in [7, 11) is 0. The first-order valence-corrected chi connectivity index (χ1v) is 12.7. The highest BCUT2D eigenvalue weighted by molar-refractivity contribution is 6.21. The molecule has 0 atom stereocenters. The summed E-state index contributed by atoms with van der Waals surface area (Å²) in [6.07, 6.45) is 3.44. The first-order chi connectivity index (χ1) is 18.8. The topological polar surface area (TPSA) is 43.9 Å². The normalized spacial score (nSPS) is 11.7. The average molecular weight is 488 g/mol. The summed E-state index contributed by atoms with van der Waals surface area (Å²) < 4.78 is 7.79. The second kappa shape index (κ2) is 8.15. The molecule has 0 radical (unpaired) electrons. The summed E-state index contributed by atoms with van der Waals surface area (Å²) in [5, 5.41) is 5.73. The molecular formula is C34H21N3O. The van der Waals surface area contributed by atoms with Gasteiger partial charge in [-0.1, -0.05) is 103 Å². The van der Waals surface area contributed by atoms with Gasteiger partial charge in [0, 0.05) is 16.3 Å². The van der Waals surface area contributed by atoms with Crippen LogP contribution in [0.4, 0.5) is 0 Å². The monoisotopic (exact) mass is 487 g/mol. The number of fused-ring (bicyclic) bond motifs is 6. The van der Waals surface area contributed by atoms with E-state index in [4.69, 9.17) is 14.4 Å². The first-order valence-electron chi connectivity index (χ1n) is 12.7. The number of nitrogens with zero attached hydrogens (tertiary/aromatic N) is 3. The van der Waals surface area contributed by atoms with Crippen molar-refractivity contribution in [2.45, 2.75) is 0 Å². The number of para-hydroxylation sites is 1. The van der Waals surface area contributed by atoms with Crippen LogP contribution in [0.2, 0.25) is 0 Å². The predicted octanol–water partition coefficient (Wildman–Crippen LogP) is 8.81. The lowest BCUT2D eigenvalue weighted by Crippen LogP contribution is -2.02. The van der Waals surface area contributed by atoms with Crippen LogP contribution in [0.25, 0.3) is 71.8 Å². The smallest absolute Gasteiger partial charge is 0.235 e. The van der Waals surface area contributed by atoms with E-state index in [-0.39, 0.29) is 0 Å². The van der Waals surface area contributed by atoms with Gasteiger partial charge in [0.15, 0.2) is 0 Å². The maximum Gasteiger partial charge on any atom is 0.235 e. The van der Waals surface area contributed by atoms with Gasteiger partial charge in [-0.15, -0.1) is 0 Å². The van der Waals surface area contributed by atoms with Gasteiger partial charge in [-0.25, -0.2) is 9.97 Å². The highest BCUT2D eigenvalue weighted by Crippen LogP contribution is 2.37. The van der Waals surface area contributed by atoms with Gasteiger partial charge < -0.3 is 4.42 Å². The third-order valence-electron chi connectivity index (χ3n) is 7.36. The van der Waals surface area contributed by atoms with Crippen LogP contribution in [0.1, 0.15) is 0 Å². The first kappa shape index (κ1) is 20.9. The number of hydrogen-bond acceptors (Lipinski definition) is 3. The molecule has 38 heavy (non-hydrogen) atoms. The van der Waals surface area contributed by atoms with E-state index < -0.39 is 0 Å². The lowest BCUT2D eigenvalue weighted by atomic mass is 10.0. The van der Waals surface area contributed by atoms with Crippen LogP contribution >= 0.6 is 0 Å². The second-order valence-corrected chi connectivity index (χ2v) is 9.52. The fourth-order valence-corrected chi connectivity index (χ4v) is 5.57. The van der Waals surface area contributed by atoms with E-state index in [1.54, 1.807) is 12.5 Å². The summed E-state index contributed by atoms with van der Waals surface area (Å²) in [5.74, 6) is 0.627. The molecule has 0 aliphatic heterocycles. The van der Waals surface area contributed by atoms with E-state index >= 15 is 0 Å². The Kier molecular flexibility index (Phi) is 4.49. The molecule has 178 valence electrons. The number of rotatable bonds is 3. The van der Waals surface area contributed by atoms with Crippen molar-refractivity contribution >= 4 is 43.5 Å². The molecule has 3 aromatic heterocycles. The van der Waals surface area contributed by atoms with Crippen molar-refractivity contribution in [3.05, 3.63) is 128 Å². The largest absolute Gasteiger partial charge is 0.470 e. The molecule has 4 heteroatoms. The Morgan fingerprint density at radius 2 is 1.21 bits per heavy atom. The number of aromatic nitrogens is 3. The molecule has 0 saturated carbocycles. The van der Waals surface area contributed by atoms with Crippen LogP contribution in [0, 0.1) is 0 Å². The van der Waals surface area contributed by atoms with Gasteiger partial charge in [-0.2, -0.15) is 0 Å². The average Bonchev–Trinajstić information content (AvgIpc) is 3.60. The Hall–Kier alpha value is -5.22. The summed E-state index contributed by atoms with van der Waals surface area (Å²) in [6, 6.07) is 40.3. The lowest BCUT2D eigenvalue weighted by Gasteiger charge is -2.10. The van der Waals surface area contributed by atoms with Crippen molar-refractivity contribution in [3.63, 3.8) is 0 Å². The molecule has 8 rings (SSSR count). The van der Waals surface area contributed by atoms with Crippen molar-refractivity contribution in [3.8, 4) is 28.3 Å². The fourth-order valence-electron chi connectivity index (χ4n) is 5.57. The van der Waals surface area contributed by atoms with E-state index in [0.717, 1.165) is 33.2 Å². The predicted molar refractivity (Wildman–Crippen MR) is 155 cm³/mol. The molecule has 0 fully saturated rings. The van der Waals surface area contributed by atoms with Crippen LogP contribution in [-0.2, 0) is 0 Å². The Bertz CT molecular complexity index is 2120. The number of benzene rings is 5.